The van der Waals surface area contributed by atoms with Crippen LogP contribution in [0.5, 0.6) is 0 Å². The van der Waals surface area contributed by atoms with Crippen LogP contribution in [-0.4, -0.2) is 25.1 Å². The molecule has 6 nitrogen and oxygen atoms in total. The number of hydrazine groups is 1. The Balaban J connectivity index is 1.13. The van der Waals surface area contributed by atoms with Crippen LogP contribution in [0.1, 0.15) is 0 Å². The summed E-state index contributed by atoms with van der Waals surface area (Å²) in [5.74, 6) is 0.308. The second kappa shape index (κ2) is 11.2. The lowest BCUT2D eigenvalue weighted by molar-refractivity contribution is 0.270. The second-order valence-electron chi connectivity index (χ2n) is 14.4. The molecule has 7 aromatic carbocycles. The molecular weight excluding hydrogens is 661 g/mol. The highest BCUT2D eigenvalue weighted by atomic mass is 15.8. The molecular formula is C48H34N6. The molecule has 10 aromatic rings. The molecule has 2 atom stereocenters. The lowest BCUT2D eigenvalue weighted by Crippen LogP contribution is -2.47. The van der Waals surface area contributed by atoms with Gasteiger partial charge in [0.05, 0.1) is 34.0 Å². The highest BCUT2D eigenvalue weighted by Gasteiger charge is 2.33. The average molecular weight is 695 g/mol. The molecule has 2 unspecified atom stereocenters. The Morgan fingerprint density at radius 1 is 0.389 bits per heavy atom. The van der Waals surface area contributed by atoms with E-state index < -0.39 is 0 Å². The summed E-state index contributed by atoms with van der Waals surface area (Å²) in [7, 11) is 0. The maximum absolute atomic E-state index is 2.39. The van der Waals surface area contributed by atoms with E-state index in [-0.39, 0.29) is 6.04 Å². The molecule has 0 N–H and O–H groups in total. The van der Waals surface area contributed by atoms with E-state index in [1.807, 2.05) is 0 Å². The van der Waals surface area contributed by atoms with E-state index in [4.69, 9.17) is 0 Å². The normalized spacial score (nSPS) is 16.6. The van der Waals surface area contributed by atoms with Gasteiger partial charge in [-0.3, -0.25) is 5.01 Å². The predicted octanol–water partition coefficient (Wildman–Crippen LogP) is 11.3. The van der Waals surface area contributed by atoms with Crippen molar-refractivity contribution in [3.8, 4) is 0 Å². The Morgan fingerprint density at radius 2 is 0.852 bits per heavy atom. The standard InChI is InChI=1S/C48H34N6/c1-5-13-41-33(9-1)25-29-49(41)53(50-30-26-34-10-2-6-14-42(34)50)45-23-19-37-18-22-40-46(24-20-38-17-21-39(45)47(37)48(38)40)54(51-31-27-35-11-3-7-15-43(35)51)52-32-28-36-12-4-8-16-44(36)52/h1-33,41H. The van der Waals surface area contributed by atoms with E-state index in [9.17, 15) is 0 Å². The first kappa shape index (κ1) is 29.4. The van der Waals surface area contributed by atoms with Crippen LogP contribution in [0, 0.1) is 5.92 Å². The van der Waals surface area contributed by atoms with Gasteiger partial charge in [-0.2, -0.15) is 10.2 Å². The molecule has 0 spiro atoms. The van der Waals surface area contributed by atoms with Crippen molar-refractivity contribution in [2.24, 2.45) is 5.92 Å². The summed E-state index contributed by atoms with van der Waals surface area (Å²) >= 11 is 0. The average Bonchev–Trinajstić information content (AvgIpc) is 4.04. The van der Waals surface area contributed by atoms with Gasteiger partial charge in [0.15, 0.2) is 0 Å². The summed E-state index contributed by atoms with van der Waals surface area (Å²) in [4.78, 5) is 0. The number of para-hydroxylation sites is 3. The lowest BCUT2D eigenvalue weighted by atomic mass is 9.92. The van der Waals surface area contributed by atoms with Gasteiger partial charge >= 0.3 is 0 Å². The van der Waals surface area contributed by atoms with Crippen LogP contribution in [0.15, 0.2) is 195 Å². The number of rotatable bonds is 6. The largest absolute Gasteiger partial charge is 0.266 e. The smallest absolute Gasteiger partial charge is 0.0903 e. The van der Waals surface area contributed by atoms with Crippen LogP contribution >= 0.6 is 0 Å². The number of fused-ring (bicyclic) bond motifs is 4. The molecule has 4 heterocycles. The zero-order chi connectivity index (χ0) is 35.3. The van der Waals surface area contributed by atoms with Crippen molar-refractivity contribution >= 4 is 76.4 Å². The maximum Gasteiger partial charge on any atom is 0.0903 e. The second-order valence-corrected chi connectivity index (χ2v) is 14.4. The summed E-state index contributed by atoms with van der Waals surface area (Å²) in [6, 6.07) is 51.0. The molecule has 1 aliphatic heterocycles. The minimum absolute atomic E-state index is 0.169. The molecule has 0 saturated heterocycles. The molecule has 3 aromatic heterocycles. The van der Waals surface area contributed by atoms with Crippen LogP contribution < -0.4 is 10.2 Å². The van der Waals surface area contributed by atoms with Gasteiger partial charge in [-0.25, -0.2) is 14.0 Å². The van der Waals surface area contributed by atoms with E-state index in [2.05, 4.69) is 224 Å². The Labute approximate surface area is 311 Å². The van der Waals surface area contributed by atoms with Gasteiger partial charge in [0, 0.05) is 57.6 Å². The van der Waals surface area contributed by atoms with Crippen molar-refractivity contribution in [1.82, 2.24) is 19.0 Å². The summed E-state index contributed by atoms with van der Waals surface area (Å²) in [6.45, 7) is 0. The Morgan fingerprint density at radius 3 is 1.41 bits per heavy atom. The molecule has 2 aliphatic rings. The summed E-state index contributed by atoms with van der Waals surface area (Å²) < 4.78 is 6.86. The van der Waals surface area contributed by atoms with Crippen LogP contribution in [-0.2, 0) is 0 Å². The number of nitrogens with zero attached hydrogens (tertiary/aromatic N) is 6. The van der Waals surface area contributed by atoms with Crippen LogP contribution in [0.4, 0.5) is 11.4 Å². The zero-order valence-electron chi connectivity index (χ0n) is 29.3. The highest BCUT2D eigenvalue weighted by Crippen LogP contribution is 2.44. The van der Waals surface area contributed by atoms with E-state index in [1.54, 1.807) is 0 Å². The fourth-order valence-corrected chi connectivity index (χ4v) is 9.04. The Kier molecular flexibility index (Phi) is 6.08. The van der Waals surface area contributed by atoms with Gasteiger partial charge in [0.2, 0.25) is 0 Å². The summed E-state index contributed by atoms with van der Waals surface area (Å²) in [6.07, 6.45) is 20.1. The molecule has 0 saturated carbocycles. The molecule has 54 heavy (non-hydrogen) atoms. The highest BCUT2D eigenvalue weighted by molar-refractivity contribution is 6.27. The third kappa shape index (κ3) is 4.10. The zero-order valence-corrected chi connectivity index (χ0v) is 29.3. The quantitative estimate of drug-likeness (QED) is 0.162. The first-order valence-electron chi connectivity index (χ1n) is 18.6. The number of benzene rings is 7. The molecule has 0 amide bonds. The van der Waals surface area contributed by atoms with Gasteiger partial charge in [-0.15, -0.1) is 0 Å². The van der Waals surface area contributed by atoms with Crippen molar-refractivity contribution in [1.29, 1.82) is 0 Å². The predicted molar refractivity (Wildman–Crippen MR) is 224 cm³/mol. The SMILES string of the molecule is C1=CC2C=CN(N(c3ccc4ccc5c(N(n6ccc7ccccc76)n6ccc7ccccc76)ccc6ccc3c4c65)n3ccc4ccccc43)C2C=C1. The van der Waals surface area contributed by atoms with Gasteiger partial charge in [-0.1, -0.05) is 121 Å². The first-order valence-corrected chi connectivity index (χ1v) is 18.6. The van der Waals surface area contributed by atoms with Gasteiger partial charge < -0.3 is 0 Å². The lowest BCUT2D eigenvalue weighted by Gasteiger charge is -2.40. The third-order valence-corrected chi connectivity index (χ3v) is 11.5. The summed E-state index contributed by atoms with van der Waals surface area (Å²) in [5, 5.41) is 18.1. The van der Waals surface area contributed by atoms with Crippen molar-refractivity contribution < 1.29 is 0 Å². The number of allylic oxidation sites excluding steroid dienone is 2. The number of hydrogen-bond acceptors (Lipinski definition) is 3. The minimum atomic E-state index is 0.169. The maximum atomic E-state index is 2.39. The fourth-order valence-electron chi connectivity index (χ4n) is 9.04. The van der Waals surface area contributed by atoms with Crippen LogP contribution in [0.3, 0.4) is 0 Å². The van der Waals surface area contributed by atoms with Gasteiger partial charge in [0.25, 0.3) is 0 Å². The van der Waals surface area contributed by atoms with E-state index in [0.29, 0.717) is 5.92 Å². The molecule has 256 valence electrons. The monoisotopic (exact) mass is 694 g/mol. The molecule has 1 aliphatic carbocycles. The van der Waals surface area contributed by atoms with Crippen molar-refractivity contribution in [3.05, 3.63) is 195 Å². The number of aromatic nitrogens is 3. The molecule has 0 fully saturated rings. The van der Waals surface area contributed by atoms with Crippen LogP contribution in [0.2, 0.25) is 0 Å². The molecule has 0 bridgehead atoms. The molecule has 6 heteroatoms. The number of hydrogen-bond donors (Lipinski definition) is 0. The third-order valence-electron chi connectivity index (χ3n) is 11.5. The fraction of sp³-hybridized carbons (Fsp3) is 0.0417. The van der Waals surface area contributed by atoms with Crippen molar-refractivity contribution in [3.63, 3.8) is 0 Å². The number of anilines is 2. The van der Waals surface area contributed by atoms with E-state index in [0.717, 1.165) is 27.9 Å². The topological polar surface area (TPSA) is 24.5 Å². The van der Waals surface area contributed by atoms with Crippen molar-refractivity contribution in [2.45, 2.75) is 6.04 Å². The Bertz CT molecular complexity index is 3100. The van der Waals surface area contributed by atoms with E-state index >= 15 is 0 Å². The summed E-state index contributed by atoms with van der Waals surface area (Å²) in [5.41, 5.74) is 5.67. The van der Waals surface area contributed by atoms with Crippen LogP contribution in [0.25, 0.3) is 65.0 Å². The molecule has 0 radical (unpaired) electrons. The van der Waals surface area contributed by atoms with E-state index in [1.165, 1.54) is 48.5 Å². The Hall–Kier alpha value is -7.18. The van der Waals surface area contributed by atoms with Crippen molar-refractivity contribution in [2.75, 3.05) is 10.2 Å². The van der Waals surface area contributed by atoms with Gasteiger partial charge in [0.1, 0.15) is 0 Å². The first-order chi connectivity index (χ1) is 26.8. The molecule has 12 rings (SSSR count). The van der Waals surface area contributed by atoms with Gasteiger partial charge in [-0.05, 0) is 70.1 Å². The minimum Gasteiger partial charge on any atom is -0.266 e.